The van der Waals surface area contributed by atoms with E-state index in [-0.39, 0.29) is 33.9 Å². The molecule has 27 heteroatoms. The van der Waals surface area contributed by atoms with Crippen molar-refractivity contribution in [1.29, 1.82) is 0 Å². The van der Waals surface area contributed by atoms with Crippen LogP contribution in [0, 0.1) is 10.7 Å². The number of sulfone groups is 1. The van der Waals surface area contributed by atoms with Gasteiger partial charge in [0.25, 0.3) is 16.6 Å². The predicted molar refractivity (Wildman–Crippen MR) is 477 cm³/mol. The van der Waals surface area contributed by atoms with Crippen molar-refractivity contribution in [2.45, 2.75) is 112 Å². The number of halogens is 4. The Balaban J connectivity index is 0.000000226. The van der Waals surface area contributed by atoms with Gasteiger partial charge in [0.1, 0.15) is 8.07 Å². The summed E-state index contributed by atoms with van der Waals surface area (Å²) in [5, 5.41) is 16.8. The number of anilines is 3. The van der Waals surface area contributed by atoms with E-state index in [1.54, 1.807) is 40.3 Å². The zero-order valence-corrected chi connectivity index (χ0v) is 77.1. The summed E-state index contributed by atoms with van der Waals surface area (Å²) in [5.74, 6) is 0. The van der Waals surface area contributed by atoms with E-state index in [0.717, 1.165) is 57.2 Å². The quantitative estimate of drug-likeness (QED) is 0.0203. The molecule has 0 spiro atoms. The van der Waals surface area contributed by atoms with Crippen LogP contribution in [0.3, 0.4) is 0 Å². The second-order valence-electron chi connectivity index (χ2n) is 27.7. The molecule has 9 aromatic rings. The van der Waals surface area contributed by atoms with Crippen LogP contribution in [0.15, 0.2) is 233 Å². The summed E-state index contributed by atoms with van der Waals surface area (Å²) in [6.07, 6.45) is 8.31. The highest BCUT2D eigenvalue weighted by Crippen LogP contribution is 2.42. The van der Waals surface area contributed by atoms with Crippen LogP contribution < -0.4 is 45.3 Å². The van der Waals surface area contributed by atoms with Crippen molar-refractivity contribution in [3.05, 3.63) is 246 Å². The van der Waals surface area contributed by atoms with Crippen molar-refractivity contribution in [3.63, 3.8) is 0 Å². The number of rotatable bonds is 23. The molecule has 9 aromatic carbocycles. The van der Waals surface area contributed by atoms with Gasteiger partial charge in [0.15, 0.2) is 9.84 Å². The Morgan fingerprint density at radius 2 is 0.650 bits per heavy atom. The lowest BCUT2D eigenvalue weighted by atomic mass is 10.2. The minimum atomic E-state index is -3.66. The fraction of sp³-hybridized carbons (Fsp3) is 0.289. The number of hydrogen-bond acceptors (Lipinski definition) is 13. The normalized spacial score (nSPS) is 12.5. The van der Waals surface area contributed by atoms with E-state index >= 15 is 0 Å². The molecular formula is C76H93I4N3O11S6Si3. The highest BCUT2D eigenvalue weighted by atomic mass is 127. The van der Waals surface area contributed by atoms with Crippen LogP contribution in [0.1, 0.15) is 79.0 Å². The molecule has 0 saturated heterocycles. The Kier molecular flexibility index (Phi) is 32.2. The van der Waals surface area contributed by atoms with Gasteiger partial charge in [-0.25, -0.2) is 33.7 Å². The molecule has 4 N–H and O–H groups in total. The number of aliphatic hydroxyl groups is 1. The Bertz CT molecular complexity index is 4650. The minimum absolute atomic E-state index is 0.0435. The summed E-state index contributed by atoms with van der Waals surface area (Å²) in [7, 11) is -21.2. The van der Waals surface area contributed by atoms with Crippen molar-refractivity contribution in [2.24, 2.45) is 0 Å². The molecule has 0 fully saturated rings. The largest absolute Gasteiger partial charge is 0.403 e. The molecule has 0 amide bonds. The molecule has 0 heterocycles. The number of nitrogens with one attached hydrogen (secondary N) is 3. The van der Waals surface area contributed by atoms with Gasteiger partial charge in [0.05, 0.1) is 60.5 Å². The van der Waals surface area contributed by atoms with E-state index in [2.05, 4.69) is 255 Å². The van der Waals surface area contributed by atoms with Crippen molar-refractivity contribution in [3.8, 4) is 0 Å². The number of sulfonamides is 3. The third kappa shape index (κ3) is 23.4. The molecule has 0 unspecified atom stereocenters. The lowest BCUT2D eigenvalue weighted by Crippen LogP contribution is -2.66. The second-order valence-corrected chi connectivity index (χ2v) is 55.8. The van der Waals surface area contributed by atoms with Gasteiger partial charge in [0.2, 0.25) is 30.1 Å². The topological polar surface area (TPSA) is 211 Å². The molecule has 0 saturated carbocycles. The SMILES string of the molecule is CC(C)(C)[Si](CI)(c1ccccc1)c1ccccc1.CC(C)(C)[Si](OCc1cc(I)c(NS(C)(=O)=O)cc1S(C)(=O)=O)(c1ccccc1)c1ccccc1.CSc1cc(NS(C)(=O)=O)c(I)cc1CO.CSc1cc(NS(C)(=O)=O)c(I)cc1CO[Si](c1ccccc1)(c1ccccc1)C(C)(C)C. The Hall–Kier alpha value is -3.67. The van der Waals surface area contributed by atoms with Crippen molar-refractivity contribution < 1.29 is 47.6 Å². The number of thioether (sulfide) groups is 2. The zero-order valence-electron chi connectivity index (χ0n) is 60.6. The third-order valence-electron chi connectivity index (χ3n) is 17.1. The van der Waals surface area contributed by atoms with Crippen LogP contribution in [0.4, 0.5) is 17.1 Å². The van der Waals surface area contributed by atoms with Gasteiger partial charge >= 0.3 is 0 Å². The van der Waals surface area contributed by atoms with Gasteiger partial charge in [-0.15, -0.1) is 23.5 Å². The van der Waals surface area contributed by atoms with Crippen molar-refractivity contribution >= 4 is 227 Å². The lowest BCUT2D eigenvalue weighted by molar-refractivity contribution is 0.279. The van der Waals surface area contributed by atoms with E-state index < -0.39 is 64.6 Å². The van der Waals surface area contributed by atoms with Gasteiger partial charge in [-0.1, -0.05) is 277 Å². The van der Waals surface area contributed by atoms with Gasteiger partial charge in [-0.05, 0) is 169 Å². The van der Waals surface area contributed by atoms with Crippen LogP contribution >= 0.6 is 114 Å². The molecule has 9 rings (SSSR count). The van der Waals surface area contributed by atoms with Gasteiger partial charge in [0, 0.05) is 30.8 Å². The number of alkyl halides is 1. The van der Waals surface area contributed by atoms with Crippen LogP contribution in [0.25, 0.3) is 0 Å². The molecule has 0 aliphatic heterocycles. The van der Waals surface area contributed by atoms with Crippen molar-refractivity contribution in [2.75, 3.05) is 55.8 Å². The molecule has 0 aromatic heterocycles. The average Bonchev–Trinajstić information content (AvgIpc) is 0.763. The Morgan fingerprint density at radius 3 is 0.903 bits per heavy atom. The Morgan fingerprint density at radius 1 is 0.388 bits per heavy atom. The summed E-state index contributed by atoms with van der Waals surface area (Å²) < 4.78 is 120. The maximum absolute atomic E-state index is 12.7. The van der Waals surface area contributed by atoms with Gasteiger partial charge in [-0.2, -0.15) is 0 Å². The van der Waals surface area contributed by atoms with E-state index in [4.69, 9.17) is 14.0 Å². The highest BCUT2D eigenvalue weighted by Gasteiger charge is 2.52. The van der Waals surface area contributed by atoms with Gasteiger partial charge < -0.3 is 14.0 Å². The van der Waals surface area contributed by atoms with E-state index in [0.29, 0.717) is 32.2 Å². The first-order valence-electron chi connectivity index (χ1n) is 32.5. The number of hydrogen-bond donors (Lipinski definition) is 4. The average molecular weight is 2010 g/mol. The minimum Gasteiger partial charge on any atom is -0.403 e. The molecule has 0 bridgehead atoms. The van der Waals surface area contributed by atoms with Crippen LogP contribution in [-0.2, 0) is 68.6 Å². The zero-order chi connectivity index (χ0) is 76.6. The maximum Gasteiger partial charge on any atom is 0.261 e. The molecule has 0 radical (unpaired) electrons. The van der Waals surface area contributed by atoms with E-state index in [1.807, 2.05) is 118 Å². The van der Waals surface area contributed by atoms with Crippen LogP contribution in [0.2, 0.25) is 15.1 Å². The second kappa shape index (κ2) is 37.6. The molecule has 0 aliphatic rings. The summed E-state index contributed by atoms with van der Waals surface area (Å²) in [6.45, 7) is 20.9. The highest BCUT2D eigenvalue weighted by molar-refractivity contribution is 14.1. The fourth-order valence-corrected chi connectivity index (χ4v) is 38.3. The lowest BCUT2D eigenvalue weighted by Gasteiger charge is -2.43. The van der Waals surface area contributed by atoms with Crippen LogP contribution in [-0.4, -0.2) is 105 Å². The molecule has 103 heavy (non-hydrogen) atoms. The molecule has 0 atom stereocenters. The summed E-state index contributed by atoms with van der Waals surface area (Å²) in [6, 6.07) is 74.1. The fourth-order valence-electron chi connectivity index (χ4n) is 12.4. The first kappa shape index (κ1) is 88.2. The predicted octanol–water partition coefficient (Wildman–Crippen LogP) is 15.5. The van der Waals surface area contributed by atoms with E-state index in [1.165, 1.54) is 38.5 Å². The standard InChI is InChI=1S/C25H30INO5S2Si.C25H30INO3S2Si.C17H21ISi.C9H12INO3S2/c1-25(2,3)35(20-12-8-6-9-13-20,21-14-10-7-11-15-21)32-18-19-16-22(26)23(27-34(5,30)31)17-24(19)33(4,28)29;1-25(2,3)33(20-12-8-6-9-13-20,21-14-10-7-11-15-21)30-18-19-16-22(26)23(17-24(19)31-4)27-32(5,28)29;1-17(2,3)19(14-18,15-10-6-4-7-11-15)16-12-8-5-9-13-16;1-15-9-4-8(11-16(2,13)14)7(10)3-6(9)5-12/h6-17,27H,18H2,1-5H3;6-17,27H,18H2,1-5H3;4-13H,14H2,1-3H3;3-4,11-12H,5H2,1-2H3. The first-order valence-corrected chi connectivity index (χ1v) is 53.3. The molecular weight excluding hydrogens is 1920 g/mol. The molecule has 14 nitrogen and oxygen atoms in total. The van der Waals surface area contributed by atoms with E-state index in [9.17, 15) is 33.7 Å². The molecule has 554 valence electrons. The Labute approximate surface area is 679 Å². The summed E-state index contributed by atoms with van der Waals surface area (Å²) in [5.41, 5.74) is 3.71. The van der Waals surface area contributed by atoms with Gasteiger partial charge in [-0.3, -0.25) is 14.2 Å². The maximum atomic E-state index is 12.7. The molecule has 0 aliphatic carbocycles. The smallest absolute Gasteiger partial charge is 0.261 e. The number of benzene rings is 9. The monoisotopic (exact) mass is 2010 g/mol. The van der Waals surface area contributed by atoms with Crippen molar-refractivity contribution in [1.82, 2.24) is 0 Å². The number of aliphatic hydroxyl groups excluding tert-OH is 1. The first-order chi connectivity index (χ1) is 48.0. The van der Waals surface area contributed by atoms with Crippen LogP contribution in [0.5, 0.6) is 0 Å². The summed E-state index contributed by atoms with van der Waals surface area (Å²) in [4.78, 5) is 1.91. The third-order valence-corrected chi connectivity index (χ3v) is 43.3. The summed E-state index contributed by atoms with van der Waals surface area (Å²) >= 11 is 11.9.